The first kappa shape index (κ1) is 21.8. The molecule has 3 aromatic rings. The van der Waals surface area contributed by atoms with Gasteiger partial charge in [-0.1, -0.05) is 23.8 Å². The van der Waals surface area contributed by atoms with Crippen molar-refractivity contribution in [3.63, 3.8) is 0 Å². The topological polar surface area (TPSA) is 62.1 Å². The van der Waals surface area contributed by atoms with Crippen LogP contribution >= 0.6 is 22.9 Å². The van der Waals surface area contributed by atoms with Gasteiger partial charge in [0.1, 0.15) is 10.7 Å². The molecule has 33 heavy (non-hydrogen) atoms. The fourth-order valence-corrected chi connectivity index (χ4v) is 5.03. The number of rotatable bonds is 3. The highest BCUT2D eigenvalue weighted by Gasteiger charge is 2.39. The first-order valence-electron chi connectivity index (χ1n) is 10.1. The van der Waals surface area contributed by atoms with Crippen LogP contribution in [-0.4, -0.2) is 40.0 Å². The van der Waals surface area contributed by atoms with Crippen molar-refractivity contribution in [2.24, 2.45) is 0 Å². The number of aromatic amines is 1. The van der Waals surface area contributed by atoms with Gasteiger partial charge in [0, 0.05) is 35.8 Å². The van der Waals surface area contributed by atoms with Crippen LogP contribution in [0.5, 0.6) is 0 Å². The molecular formula is C23H17ClF3N3O2S. The molecule has 0 radical (unpaired) electrons. The monoisotopic (exact) mass is 491 g/mol. The van der Waals surface area contributed by atoms with E-state index in [0.717, 1.165) is 16.7 Å². The predicted octanol–water partition coefficient (Wildman–Crippen LogP) is 6.23. The van der Waals surface area contributed by atoms with Gasteiger partial charge >= 0.3 is 6.18 Å². The van der Waals surface area contributed by atoms with Gasteiger partial charge in [0.15, 0.2) is 0 Å². The molecular weight excluding hydrogens is 475 g/mol. The number of aromatic nitrogens is 2. The molecule has 0 fully saturated rings. The molecule has 2 aliphatic rings. The van der Waals surface area contributed by atoms with Crippen LogP contribution < -0.4 is 0 Å². The molecule has 3 aromatic heterocycles. The van der Waals surface area contributed by atoms with E-state index in [1.54, 1.807) is 18.3 Å². The van der Waals surface area contributed by atoms with E-state index in [1.165, 1.54) is 28.8 Å². The Morgan fingerprint density at radius 1 is 1.30 bits per heavy atom. The Hall–Kier alpha value is -3.04. The Balaban J connectivity index is 1.50. The van der Waals surface area contributed by atoms with Crippen LogP contribution in [0.15, 0.2) is 52.8 Å². The zero-order valence-corrected chi connectivity index (χ0v) is 18.7. The molecule has 1 aliphatic heterocycles. The molecule has 0 bridgehead atoms. The number of carbonyl (C=O) groups excluding carboxylic acids is 1. The fourth-order valence-electron chi connectivity index (χ4n) is 4.04. The average Bonchev–Trinajstić information content (AvgIpc) is 3.55. The Bertz CT molecular complexity index is 1290. The van der Waals surface area contributed by atoms with Crippen LogP contribution in [0.2, 0.25) is 5.02 Å². The Morgan fingerprint density at radius 3 is 2.85 bits per heavy atom. The number of nitrogens with zero attached hydrogens (tertiary/aromatic N) is 2. The van der Waals surface area contributed by atoms with Crippen molar-refractivity contribution in [3.05, 3.63) is 80.9 Å². The largest absolute Gasteiger partial charge is 0.472 e. The van der Waals surface area contributed by atoms with Gasteiger partial charge in [0.25, 0.3) is 5.91 Å². The second-order valence-electron chi connectivity index (χ2n) is 7.69. The third-order valence-electron chi connectivity index (χ3n) is 5.65. The first-order chi connectivity index (χ1) is 15.8. The van der Waals surface area contributed by atoms with Gasteiger partial charge in [-0.2, -0.15) is 13.2 Å². The summed E-state index contributed by atoms with van der Waals surface area (Å²) in [6.07, 6.45) is 5.24. The van der Waals surface area contributed by atoms with Crippen molar-refractivity contribution in [2.75, 3.05) is 13.1 Å². The molecule has 5 rings (SSSR count). The normalized spacial score (nSPS) is 16.6. The van der Waals surface area contributed by atoms with Gasteiger partial charge in [0.2, 0.25) is 0 Å². The van der Waals surface area contributed by atoms with Crippen molar-refractivity contribution in [1.82, 2.24) is 14.9 Å². The molecule has 0 spiro atoms. The van der Waals surface area contributed by atoms with Crippen LogP contribution in [-0.2, 0) is 6.42 Å². The van der Waals surface area contributed by atoms with Crippen molar-refractivity contribution in [2.45, 2.75) is 19.0 Å². The number of fused-ring (bicyclic) bond motifs is 1. The molecule has 170 valence electrons. The minimum Gasteiger partial charge on any atom is -0.472 e. The molecule has 10 heteroatoms. The van der Waals surface area contributed by atoms with Crippen LogP contribution in [0.4, 0.5) is 13.2 Å². The number of allylic oxidation sites excluding steroid dienone is 4. The Labute approximate surface area is 195 Å². The second-order valence-corrected chi connectivity index (χ2v) is 8.96. The van der Waals surface area contributed by atoms with Gasteiger partial charge in [0.05, 0.1) is 28.8 Å². The molecule has 0 aromatic carbocycles. The van der Waals surface area contributed by atoms with E-state index < -0.39 is 17.7 Å². The van der Waals surface area contributed by atoms with Crippen LogP contribution in [0.3, 0.4) is 0 Å². The lowest BCUT2D eigenvalue weighted by Crippen LogP contribution is -2.29. The predicted molar refractivity (Wildman–Crippen MR) is 121 cm³/mol. The standard InChI is InChI=1S/C23H17ClF3N3O2S/c24-18-16-3-1-2-13(15-5-8-32-12-15)10-17(23(25,26)27)19(16)29-20(18)22(31)30-7-4-14(11-30)21-28-6-9-33-21/h2,4-6,8-10,12,29H,1,3,7,11H2. The number of amides is 1. The molecule has 1 N–H and O–H groups in total. The van der Waals surface area contributed by atoms with Gasteiger partial charge in [-0.3, -0.25) is 4.79 Å². The van der Waals surface area contributed by atoms with Crippen molar-refractivity contribution in [3.8, 4) is 0 Å². The van der Waals surface area contributed by atoms with Gasteiger partial charge in [-0.15, -0.1) is 11.3 Å². The maximum absolute atomic E-state index is 14.1. The van der Waals surface area contributed by atoms with Crippen LogP contribution in [0, 0.1) is 0 Å². The zero-order chi connectivity index (χ0) is 23.2. The lowest BCUT2D eigenvalue weighted by molar-refractivity contribution is -0.0691. The maximum atomic E-state index is 14.1. The highest BCUT2D eigenvalue weighted by Crippen LogP contribution is 2.42. The molecule has 1 aliphatic carbocycles. The summed E-state index contributed by atoms with van der Waals surface area (Å²) in [5, 5.41) is 2.70. The number of hydrogen-bond donors (Lipinski definition) is 1. The molecule has 1 amide bonds. The van der Waals surface area contributed by atoms with E-state index >= 15 is 0 Å². The summed E-state index contributed by atoms with van der Waals surface area (Å²) in [5.41, 5.74) is 1.06. The number of nitrogens with one attached hydrogen (secondary N) is 1. The van der Waals surface area contributed by atoms with Gasteiger partial charge in [-0.05, 0) is 36.1 Å². The number of H-pyrrole nitrogens is 1. The lowest BCUT2D eigenvalue weighted by atomic mass is 9.95. The van der Waals surface area contributed by atoms with E-state index in [2.05, 4.69) is 9.97 Å². The number of thiazole rings is 1. The van der Waals surface area contributed by atoms with Gasteiger partial charge in [-0.25, -0.2) is 4.98 Å². The highest BCUT2D eigenvalue weighted by atomic mass is 35.5. The number of furan rings is 1. The first-order valence-corrected chi connectivity index (χ1v) is 11.4. The number of hydrogen-bond acceptors (Lipinski definition) is 4. The zero-order valence-electron chi connectivity index (χ0n) is 17.1. The van der Waals surface area contributed by atoms with E-state index in [4.69, 9.17) is 16.0 Å². The molecule has 0 saturated heterocycles. The summed E-state index contributed by atoms with van der Waals surface area (Å²) >= 11 is 7.96. The Kier molecular flexibility index (Phi) is 5.54. The Morgan fingerprint density at radius 2 is 2.15 bits per heavy atom. The third kappa shape index (κ3) is 4.06. The van der Waals surface area contributed by atoms with Gasteiger partial charge < -0.3 is 14.3 Å². The minimum absolute atomic E-state index is 0.0302. The molecule has 4 heterocycles. The number of carbonyl (C=O) groups is 1. The number of halogens is 4. The summed E-state index contributed by atoms with van der Waals surface area (Å²) in [4.78, 5) is 21.7. The summed E-state index contributed by atoms with van der Waals surface area (Å²) in [6, 6.07) is 1.61. The fraction of sp³-hybridized carbons (Fsp3) is 0.217. The lowest BCUT2D eigenvalue weighted by Gasteiger charge is -2.16. The van der Waals surface area contributed by atoms with Crippen molar-refractivity contribution in [1.29, 1.82) is 0 Å². The third-order valence-corrected chi connectivity index (χ3v) is 6.92. The average molecular weight is 492 g/mol. The highest BCUT2D eigenvalue weighted by molar-refractivity contribution is 7.10. The van der Waals surface area contributed by atoms with E-state index in [0.29, 0.717) is 36.2 Å². The van der Waals surface area contributed by atoms with E-state index in [9.17, 15) is 18.0 Å². The summed E-state index contributed by atoms with van der Waals surface area (Å²) in [7, 11) is 0. The van der Waals surface area contributed by atoms with E-state index in [1.807, 2.05) is 11.5 Å². The molecule has 0 unspecified atom stereocenters. The van der Waals surface area contributed by atoms with Crippen molar-refractivity contribution >= 4 is 45.6 Å². The van der Waals surface area contributed by atoms with E-state index in [-0.39, 0.29) is 22.8 Å². The smallest absolute Gasteiger partial charge is 0.418 e. The molecule has 0 saturated carbocycles. The molecule has 5 nitrogen and oxygen atoms in total. The summed E-state index contributed by atoms with van der Waals surface area (Å²) < 4.78 is 47.4. The number of alkyl halides is 3. The second kappa shape index (κ2) is 8.39. The maximum Gasteiger partial charge on any atom is 0.418 e. The molecule has 0 atom stereocenters. The van der Waals surface area contributed by atoms with Crippen molar-refractivity contribution < 1.29 is 22.4 Å². The van der Waals surface area contributed by atoms with Crippen LogP contribution in [0.1, 0.15) is 38.7 Å². The summed E-state index contributed by atoms with van der Waals surface area (Å²) in [5.74, 6) is -0.445. The van der Waals surface area contributed by atoms with Crippen LogP contribution in [0.25, 0.3) is 16.7 Å². The minimum atomic E-state index is -4.66. The summed E-state index contributed by atoms with van der Waals surface area (Å²) in [6.45, 7) is 0.655. The SMILES string of the molecule is O=C(c1[nH]c2c(c1Cl)CCC=C(c1ccoc1)C=C2C(F)(F)F)N1CC=C(c2nccs2)C1. The quantitative estimate of drug-likeness (QED) is 0.472.